The number of piperidine rings is 1. The fraction of sp³-hybridized carbons (Fsp3) is 0.688. The monoisotopic (exact) mass is 317 g/mol. The molecule has 1 amide bonds. The van der Waals surface area contributed by atoms with Gasteiger partial charge in [0.05, 0.1) is 6.54 Å². The molecule has 0 atom stereocenters. The van der Waals surface area contributed by atoms with Gasteiger partial charge in [-0.15, -0.1) is 0 Å². The third kappa shape index (κ3) is 3.64. The van der Waals surface area contributed by atoms with Gasteiger partial charge in [0.2, 0.25) is 17.5 Å². The second-order valence-electron chi connectivity index (χ2n) is 6.20. The van der Waals surface area contributed by atoms with Crippen molar-refractivity contribution in [1.82, 2.24) is 14.8 Å². The number of likely N-dealkylation sites (tertiary alicyclic amines) is 1. The van der Waals surface area contributed by atoms with Crippen LogP contribution in [0.15, 0.2) is 4.42 Å². The van der Waals surface area contributed by atoms with Gasteiger partial charge in [0.25, 0.3) is 0 Å². The molecule has 3 rings (SSSR count). The summed E-state index contributed by atoms with van der Waals surface area (Å²) in [6.07, 6.45) is 3.67. The highest BCUT2D eigenvalue weighted by Crippen LogP contribution is 2.22. The molecule has 2 fully saturated rings. The van der Waals surface area contributed by atoms with E-state index in [4.69, 9.17) is 9.68 Å². The van der Waals surface area contributed by atoms with E-state index in [9.17, 15) is 4.79 Å². The van der Waals surface area contributed by atoms with E-state index in [1.54, 1.807) is 6.92 Å². The zero-order chi connectivity index (χ0) is 16.2. The molecule has 2 aliphatic heterocycles. The summed E-state index contributed by atoms with van der Waals surface area (Å²) in [4.78, 5) is 22.7. The Morgan fingerprint density at radius 3 is 2.52 bits per heavy atom. The van der Waals surface area contributed by atoms with Crippen molar-refractivity contribution in [2.75, 3.05) is 50.7 Å². The third-order valence-electron chi connectivity index (χ3n) is 4.55. The first-order valence-electron chi connectivity index (χ1n) is 8.30. The van der Waals surface area contributed by atoms with E-state index < -0.39 is 0 Å². The molecule has 0 unspecified atom stereocenters. The Kier molecular flexibility index (Phi) is 4.82. The second kappa shape index (κ2) is 7.01. The molecule has 124 valence electrons. The van der Waals surface area contributed by atoms with Gasteiger partial charge in [-0.1, -0.05) is 6.42 Å². The van der Waals surface area contributed by atoms with Gasteiger partial charge >= 0.3 is 0 Å². The quantitative estimate of drug-likeness (QED) is 0.827. The Balaban J connectivity index is 1.53. The van der Waals surface area contributed by atoms with Gasteiger partial charge in [-0.25, -0.2) is 4.98 Å². The molecule has 3 heterocycles. The highest BCUT2D eigenvalue weighted by Gasteiger charge is 2.26. The molecule has 7 heteroatoms. The van der Waals surface area contributed by atoms with Crippen LogP contribution in [0.1, 0.15) is 30.8 Å². The number of carbonyl (C=O) groups excluding carboxylic acids is 1. The number of piperazine rings is 1. The van der Waals surface area contributed by atoms with Crippen LogP contribution in [0.4, 0.5) is 5.88 Å². The zero-order valence-electron chi connectivity index (χ0n) is 13.6. The Morgan fingerprint density at radius 1 is 1.17 bits per heavy atom. The van der Waals surface area contributed by atoms with Gasteiger partial charge in [0.15, 0.2) is 5.89 Å². The fourth-order valence-electron chi connectivity index (χ4n) is 3.27. The van der Waals surface area contributed by atoms with Crippen LogP contribution in [0.3, 0.4) is 0 Å². The topological polar surface area (TPSA) is 76.6 Å². The lowest BCUT2D eigenvalue weighted by molar-refractivity contribution is -0.133. The van der Waals surface area contributed by atoms with Crippen LogP contribution in [0, 0.1) is 18.3 Å². The predicted octanol–water partition coefficient (Wildman–Crippen LogP) is 0.989. The summed E-state index contributed by atoms with van der Waals surface area (Å²) < 4.78 is 5.54. The molecule has 0 bridgehead atoms. The van der Waals surface area contributed by atoms with Crippen LogP contribution in [-0.2, 0) is 4.79 Å². The normalized spacial score (nSPS) is 19.7. The van der Waals surface area contributed by atoms with Gasteiger partial charge in [-0.2, -0.15) is 5.26 Å². The van der Waals surface area contributed by atoms with Crippen molar-refractivity contribution < 1.29 is 9.21 Å². The molecule has 0 spiro atoms. The molecule has 23 heavy (non-hydrogen) atoms. The minimum Gasteiger partial charge on any atom is -0.424 e. The number of aromatic nitrogens is 1. The van der Waals surface area contributed by atoms with Crippen molar-refractivity contribution in [3.63, 3.8) is 0 Å². The van der Waals surface area contributed by atoms with Gasteiger partial charge in [0, 0.05) is 33.1 Å². The summed E-state index contributed by atoms with van der Waals surface area (Å²) in [5.74, 6) is 1.24. The number of carbonyl (C=O) groups is 1. The lowest BCUT2D eigenvalue weighted by atomic mass is 10.1. The average molecular weight is 317 g/mol. The lowest BCUT2D eigenvalue weighted by Crippen LogP contribution is -2.51. The van der Waals surface area contributed by atoms with Gasteiger partial charge in [0.1, 0.15) is 6.07 Å². The summed E-state index contributed by atoms with van der Waals surface area (Å²) in [6, 6.07) is 2.07. The van der Waals surface area contributed by atoms with Gasteiger partial charge in [-0.3, -0.25) is 9.69 Å². The van der Waals surface area contributed by atoms with Crippen molar-refractivity contribution in [2.45, 2.75) is 26.2 Å². The maximum Gasteiger partial charge on any atom is 0.236 e. The molecule has 0 aliphatic carbocycles. The number of aryl methyl sites for hydroxylation is 1. The Hall–Kier alpha value is -2.07. The number of nitrogens with zero attached hydrogens (tertiary/aromatic N) is 5. The van der Waals surface area contributed by atoms with Crippen molar-refractivity contribution in [3.8, 4) is 6.07 Å². The Morgan fingerprint density at radius 2 is 1.87 bits per heavy atom. The van der Waals surface area contributed by atoms with Gasteiger partial charge < -0.3 is 14.2 Å². The van der Waals surface area contributed by atoms with Crippen LogP contribution in [0.2, 0.25) is 0 Å². The maximum absolute atomic E-state index is 12.4. The predicted molar refractivity (Wildman–Crippen MR) is 85.0 cm³/mol. The summed E-state index contributed by atoms with van der Waals surface area (Å²) in [7, 11) is 0. The van der Waals surface area contributed by atoms with Crippen LogP contribution >= 0.6 is 0 Å². The highest BCUT2D eigenvalue weighted by atomic mass is 16.4. The SMILES string of the molecule is Cc1nc(C#N)c(N2CCN(C(=O)CN3CCCCC3)CC2)o1. The van der Waals surface area contributed by atoms with Crippen LogP contribution in [0.25, 0.3) is 0 Å². The minimum atomic E-state index is 0.209. The minimum absolute atomic E-state index is 0.209. The first kappa shape index (κ1) is 15.8. The van der Waals surface area contributed by atoms with E-state index >= 15 is 0 Å². The number of hydrogen-bond donors (Lipinski definition) is 0. The van der Waals surface area contributed by atoms with E-state index in [2.05, 4.69) is 16.0 Å². The first-order chi connectivity index (χ1) is 11.2. The van der Waals surface area contributed by atoms with E-state index in [-0.39, 0.29) is 5.91 Å². The summed E-state index contributed by atoms with van der Waals surface area (Å²) in [6.45, 7) is 7.02. The standard InChI is InChI=1S/C16H23N5O2/c1-13-18-14(11-17)16(23-13)21-9-7-20(8-10-21)15(22)12-19-5-3-2-4-6-19/h2-10,12H2,1H3. The van der Waals surface area contributed by atoms with Gasteiger partial charge in [-0.05, 0) is 25.9 Å². The second-order valence-corrected chi connectivity index (χ2v) is 6.20. The molecule has 7 nitrogen and oxygen atoms in total. The molecule has 0 radical (unpaired) electrons. The van der Waals surface area contributed by atoms with E-state index in [0.29, 0.717) is 50.2 Å². The first-order valence-corrected chi connectivity index (χ1v) is 8.30. The maximum atomic E-state index is 12.4. The molecule has 2 aliphatic rings. The van der Waals surface area contributed by atoms with Crippen LogP contribution in [-0.4, -0.2) is 66.5 Å². The molecule has 1 aromatic heterocycles. The van der Waals surface area contributed by atoms with Crippen molar-refractivity contribution in [3.05, 3.63) is 11.6 Å². The summed E-state index contributed by atoms with van der Waals surface area (Å²) in [5, 5.41) is 9.12. The highest BCUT2D eigenvalue weighted by molar-refractivity contribution is 5.78. The molecular weight excluding hydrogens is 294 g/mol. The smallest absolute Gasteiger partial charge is 0.236 e. The van der Waals surface area contributed by atoms with Crippen molar-refractivity contribution >= 4 is 11.8 Å². The van der Waals surface area contributed by atoms with Crippen molar-refractivity contribution in [1.29, 1.82) is 5.26 Å². The number of nitriles is 1. The third-order valence-corrected chi connectivity index (χ3v) is 4.55. The van der Waals surface area contributed by atoms with E-state index in [0.717, 1.165) is 13.1 Å². The average Bonchev–Trinajstić information content (AvgIpc) is 2.97. The number of rotatable bonds is 3. The number of anilines is 1. The van der Waals surface area contributed by atoms with Crippen molar-refractivity contribution in [2.24, 2.45) is 0 Å². The molecular formula is C16H23N5O2. The number of hydrogen-bond acceptors (Lipinski definition) is 6. The molecule has 0 aromatic carbocycles. The molecule has 1 aromatic rings. The summed E-state index contributed by atoms with van der Waals surface area (Å²) in [5.41, 5.74) is 0.329. The number of amides is 1. The molecule has 0 saturated carbocycles. The van der Waals surface area contributed by atoms with E-state index in [1.807, 2.05) is 9.80 Å². The Bertz CT molecular complexity index is 592. The Labute approximate surface area is 136 Å². The summed E-state index contributed by atoms with van der Waals surface area (Å²) >= 11 is 0. The zero-order valence-corrected chi connectivity index (χ0v) is 13.6. The van der Waals surface area contributed by atoms with Crippen LogP contribution in [0.5, 0.6) is 0 Å². The van der Waals surface area contributed by atoms with Crippen LogP contribution < -0.4 is 4.90 Å². The largest absolute Gasteiger partial charge is 0.424 e. The fourth-order valence-corrected chi connectivity index (χ4v) is 3.27. The molecule has 0 N–H and O–H groups in total. The van der Waals surface area contributed by atoms with E-state index in [1.165, 1.54) is 19.3 Å². The number of oxazole rings is 1. The lowest BCUT2D eigenvalue weighted by Gasteiger charge is -2.36. The molecule has 2 saturated heterocycles.